The second-order valence-electron chi connectivity index (χ2n) is 5.00. The standard InChI is InChI=1S/C15H25N3O/c1-5-8-16-14-10-13(7-9-17-14)15(19)18-12(4)11(3)6-2/h7,9-12H,5-6,8H2,1-4H3,(H,16,17)(H,18,19). The number of rotatable bonds is 7. The molecule has 2 atom stereocenters. The van der Waals surface area contributed by atoms with E-state index in [0.29, 0.717) is 11.5 Å². The van der Waals surface area contributed by atoms with E-state index in [2.05, 4.69) is 36.4 Å². The third kappa shape index (κ3) is 4.89. The molecule has 2 unspecified atom stereocenters. The molecular weight excluding hydrogens is 238 g/mol. The van der Waals surface area contributed by atoms with Gasteiger partial charge in [0.2, 0.25) is 0 Å². The van der Waals surface area contributed by atoms with E-state index >= 15 is 0 Å². The summed E-state index contributed by atoms with van der Waals surface area (Å²) in [6.07, 6.45) is 3.76. The molecule has 1 amide bonds. The molecular formula is C15H25N3O. The summed E-state index contributed by atoms with van der Waals surface area (Å²) < 4.78 is 0. The normalized spacial score (nSPS) is 13.7. The van der Waals surface area contributed by atoms with Gasteiger partial charge < -0.3 is 10.6 Å². The van der Waals surface area contributed by atoms with Gasteiger partial charge in [-0.15, -0.1) is 0 Å². The Hall–Kier alpha value is -1.58. The summed E-state index contributed by atoms with van der Waals surface area (Å²) in [7, 11) is 0. The molecule has 1 rings (SSSR count). The Labute approximate surface area is 116 Å². The van der Waals surface area contributed by atoms with Crippen molar-refractivity contribution >= 4 is 11.7 Å². The molecule has 0 fully saturated rings. The van der Waals surface area contributed by atoms with Crippen LogP contribution in [0.2, 0.25) is 0 Å². The van der Waals surface area contributed by atoms with Crippen LogP contribution in [-0.4, -0.2) is 23.5 Å². The summed E-state index contributed by atoms with van der Waals surface area (Å²) in [4.78, 5) is 16.3. The summed E-state index contributed by atoms with van der Waals surface area (Å²) >= 11 is 0. The van der Waals surface area contributed by atoms with Crippen molar-refractivity contribution in [2.24, 2.45) is 5.92 Å². The monoisotopic (exact) mass is 263 g/mol. The molecule has 0 saturated heterocycles. The van der Waals surface area contributed by atoms with Crippen LogP contribution >= 0.6 is 0 Å². The van der Waals surface area contributed by atoms with E-state index in [0.717, 1.165) is 25.2 Å². The highest BCUT2D eigenvalue weighted by atomic mass is 16.1. The fourth-order valence-corrected chi connectivity index (χ4v) is 1.71. The quantitative estimate of drug-likeness (QED) is 0.795. The number of carbonyl (C=O) groups is 1. The van der Waals surface area contributed by atoms with Gasteiger partial charge in [0.05, 0.1) is 0 Å². The zero-order chi connectivity index (χ0) is 14.3. The Morgan fingerprint density at radius 2 is 2.11 bits per heavy atom. The number of pyridine rings is 1. The predicted molar refractivity (Wildman–Crippen MR) is 79.4 cm³/mol. The molecule has 0 aliphatic heterocycles. The lowest BCUT2D eigenvalue weighted by Crippen LogP contribution is -2.36. The van der Waals surface area contributed by atoms with Crippen molar-refractivity contribution in [1.29, 1.82) is 0 Å². The minimum atomic E-state index is -0.0326. The lowest BCUT2D eigenvalue weighted by Gasteiger charge is -2.20. The molecule has 1 heterocycles. The van der Waals surface area contributed by atoms with Crippen molar-refractivity contribution in [2.45, 2.75) is 46.6 Å². The van der Waals surface area contributed by atoms with Crippen LogP contribution in [0.5, 0.6) is 0 Å². The summed E-state index contributed by atoms with van der Waals surface area (Å²) in [5, 5.41) is 6.22. The zero-order valence-corrected chi connectivity index (χ0v) is 12.4. The third-order valence-corrected chi connectivity index (χ3v) is 3.43. The fraction of sp³-hybridized carbons (Fsp3) is 0.600. The Balaban J connectivity index is 2.66. The molecule has 1 aromatic heterocycles. The summed E-state index contributed by atoms with van der Waals surface area (Å²) in [5.74, 6) is 1.20. The van der Waals surface area contributed by atoms with E-state index < -0.39 is 0 Å². The van der Waals surface area contributed by atoms with Crippen LogP contribution in [0.4, 0.5) is 5.82 Å². The maximum atomic E-state index is 12.1. The topological polar surface area (TPSA) is 54.0 Å². The first-order valence-corrected chi connectivity index (χ1v) is 7.09. The molecule has 0 radical (unpaired) electrons. The van der Waals surface area contributed by atoms with Gasteiger partial charge in [0.15, 0.2) is 0 Å². The van der Waals surface area contributed by atoms with Crippen LogP contribution in [0.3, 0.4) is 0 Å². The maximum absolute atomic E-state index is 12.1. The highest BCUT2D eigenvalue weighted by Crippen LogP contribution is 2.10. The molecule has 0 aromatic carbocycles. The van der Waals surface area contributed by atoms with E-state index in [-0.39, 0.29) is 11.9 Å². The van der Waals surface area contributed by atoms with Crippen LogP contribution in [-0.2, 0) is 0 Å². The summed E-state index contributed by atoms with van der Waals surface area (Å²) in [6, 6.07) is 3.72. The van der Waals surface area contributed by atoms with Crippen molar-refractivity contribution < 1.29 is 4.79 Å². The molecule has 0 bridgehead atoms. The van der Waals surface area contributed by atoms with E-state index in [9.17, 15) is 4.79 Å². The van der Waals surface area contributed by atoms with Crippen molar-refractivity contribution in [1.82, 2.24) is 10.3 Å². The van der Waals surface area contributed by atoms with Crippen LogP contribution in [0.1, 0.15) is 50.9 Å². The lowest BCUT2D eigenvalue weighted by atomic mass is 10.0. The van der Waals surface area contributed by atoms with Crippen LogP contribution in [0.15, 0.2) is 18.3 Å². The van der Waals surface area contributed by atoms with Gasteiger partial charge in [0.1, 0.15) is 5.82 Å². The van der Waals surface area contributed by atoms with E-state index in [4.69, 9.17) is 0 Å². The first-order valence-electron chi connectivity index (χ1n) is 7.09. The zero-order valence-electron chi connectivity index (χ0n) is 12.4. The second kappa shape index (κ2) is 7.77. The molecule has 0 aliphatic carbocycles. The molecule has 0 spiro atoms. The Morgan fingerprint density at radius 3 is 2.74 bits per heavy atom. The fourth-order valence-electron chi connectivity index (χ4n) is 1.71. The van der Waals surface area contributed by atoms with Gasteiger partial charge in [-0.1, -0.05) is 27.2 Å². The van der Waals surface area contributed by atoms with Crippen molar-refractivity contribution in [3.8, 4) is 0 Å². The molecule has 4 nitrogen and oxygen atoms in total. The number of hydrogen-bond donors (Lipinski definition) is 2. The minimum absolute atomic E-state index is 0.0326. The van der Waals surface area contributed by atoms with Gasteiger partial charge in [0.25, 0.3) is 5.91 Å². The molecule has 1 aromatic rings. The number of nitrogens with one attached hydrogen (secondary N) is 2. The third-order valence-electron chi connectivity index (χ3n) is 3.43. The number of aromatic nitrogens is 1. The SMILES string of the molecule is CCCNc1cc(C(=O)NC(C)C(C)CC)ccn1. The number of anilines is 1. The Morgan fingerprint density at radius 1 is 1.37 bits per heavy atom. The first kappa shape index (κ1) is 15.5. The van der Waals surface area contributed by atoms with Gasteiger partial charge in [-0.25, -0.2) is 4.98 Å². The van der Waals surface area contributed by atoms with Gasteiger partial charge in [0, 0.05) is 24.3 Å². The van der Waals surface area contributed by atoms with Crippen molar-refractivity contribution in [3.63, 3.8) is 0 Å². The van der Waals surface area contributed by atoms with E-state index in [1.807, 2.05) is 6.92 Å². The van der Waals surface area contributed by atoms with Crippen LogP contribution in [0, 0.1) is 5.92 Å². The average molecular weight is 263 g/mol. The first-order chi connectivity index (χ1) is 9.08. The number of carbonyl (C=O) groups excluding carboxylic acids is 1. The van der Waals surface area contributed by atoms with Gasteiger partial charge >= 0.3 is 0 Å². The smallest absolute Gasteiger partial charge is 0.251 e. The maximum Gasteiger partial charge on any atom is 0.251 e. The molecule has 106 valence electrons. The Bertz CT molecular complexity index is 406. The minimum Gasteiger partial charge on any atom is -0.370 e. The Kier molecular flexibility index (Phi) is 6.33. The van der Waals surface area contributed by atoms with Crippen LogP contribution < -0.4 is 10.6 Å². The highest BCUT2D eigenvalue weighted by Gasteiger charge is 2.14. The molecule has 19 heavy (non-hydrogen) atoms. The summed E-state index contributed by atoms with van der Waals surface area (Å²) in [5.41, 5.74) is 0.656. The average Bonchev–Trinajstić information content (AvgIpc) is 2.44. The van der Waals surface area contributed by atoms with Gasteiger partial charge in [-0.2, -0.15) is 0 Å². The van der Waals surface area contributed by atoms with Crippen LogP contribution in [0.25, 0.3) is 0 Å². The lowest BCUT2D eigenvalue weighted by molar-refractivity contribution is 0.0928. The van der Waals surface area contributed by atoms with Gasteiger partial charge in [-0.3, -0.25) is 4.79 Å². The highest BCUT2D eigenvalue weighted by molar-refractivity contribution is 5.94. The second-order valence-corrected chi connectivity index (χ2v) is 5.00. The number of amides is 1. The number of hydrogen-bond acceptors (Lipinski definition) is 3. The van der Waals surface area contributed by atoms with E-state index in [1.54, 1.807) is 18.3 Å². The largest absolute Gasteiger partial charge is 0.370 e. The van der Waals surface area contributed by atoms with Gasteiger partial charge in [-0.05, 0) is 31.4 Å². The predicted octanol–water partition coefficient (Wildman–Crippen LogP) is 3.07. The van der Waals surface area contributed by atoms with Crippen molar-refractivity contribution in [2.75, 3.05) is 11.9 Å². The molecule has 0 saturated carbocycles. The molecule has 2 N–H and O–H groups in total. The summed E-state index contributed by atoms with van der Waals surface area (Å²) in [6.45, 7) is 9.28. The molecule has 0 aliphatic rings. The molecule has 4 heteroatoms. The van der Waals surface area contributed by atoms with E-state index in [1.165, 1.54) is 0 Å². The van der Waals surface area contributed by atoms with Crippen molar-refractivity contribution in [3.05, 3.63) is 23.9 Å². The number of nitrogens with zero attached hydrogens (tertiary/aromatic N) is 1.